The number of hydrogen-bond acceptors (Lipinski definition) is 5. The third-order valence-electron chi connectivity index (χ3n) is 2.63. The highest BCUT2D eigenvalue weighted by Gasteiger charge is 2.13. The van der Waals surface area contributed by atoms with E-state index in [1.54, 1.807) is 19.5 Å². The van der Waals surface area contributed by atoms with Crippen molar-refractivity contribution in [3.8, 4) is 5.75 Å². The Bertz CT molecular complexity index is 310. The lowest BCUT2D eigenvalue weighted by Crippen LogP contribution is -2.27. The van der Waals surface area contributed by atoms with Crippen molar-refractivity contribution < 1.29 is 9.47 Å². The number of nitrogens with one attached hydrogen (secondary N) is 1. The first-order valence-electron chi connectivity index (χ1n) is 5.60. The Labute approximate surface area is 95.2 Å². The third-order valence-corrected chi connectivity index (χ3v) is 2.63. The van der Waals surface area contributed by atoms with Crippen LogP contribution in [0.3, 0.4) is 0 Å². The van der Waals surface area contributed by atoms with E-state index in [1.165, 1.54) is 12.8 Å². The highest BCUT2D eigenvalue weighted by atomic mass is 16.5. The number of nitrogens with zero attached hydrogens (tertiary/aromatic N) is 2. The third kappa shape index (κ3) is 3.06. The molecule has 2 rings (SSSR count). The Kier molecular flexibility index (Phi) is 3.93. The molecule has 1 aliphatic rings. The van der Waals surface area contributed by atoms with Gasteiger partial charge in [0, 0.05) is 13.2 Å². The molecule has 88 valence electrons. The molecule has 2 heterocycles. The zero-order chi connectivity index (χ0) is 11.2. The second kappa shape index (κ2) is 5.65. The average molecular weight is 223 g/mol. The van der Waals surface area contributed by atoms with Gasteiger partial charge in [0.25, 0.3) is 0 Å². The van der Waals surface area contributed by atoms with E-state index < -0.39 is 0 Å². The predicted octanol–water partition coefficient (Wildman–Crippen LogP) is 1.47. The molecule has 0 radical (unpaired) electrons. The fraction of sp³-hybridized carbons (Fsp3) is 0.636. The Morgan fingerprint density at radius 3 is 2.88 bits per heavy atom. The summed E-state index contributed by atoms with van der Waals surface area (Å²) in [4.78, 5) is 8.26. The van der Waals surface area contributed by atoms with Gasteiger partial charge >= 0.3 is 0 Å². The lowest BCUT2D eigenvalue weighted by molar-refractivity contribution is 0.0246. The van der Waals surface area contributed by atoms with E-state index in [1.807, 2.05) is 0 Å². The summed E-state index contributed by atoms with van der Waals surface area (Å²) in [5, 5.41) is 3.16. The predicted molar refractivity (Wildman–Crippen MR) is 60.7 cm³/mol. The van der Waals surface area contributed by atoms with Crippen LogP contribution in [0, 0.1) is 0 Å². The minimum absolute atomic E-state index is 0.291. The Balaban J connectivity index is 1.79. The van der Waals surface area contributed by atoms with Crippen LogP contribution in [0.2, 0.25) is 0 Å². The van der Waals surface area contributed by atoms with Gasteiger partial charge in [-0.3, -0.25) is 0 Å². The molecule has 1 saturated heterocycles. The maximum Gasteiger partial charge on any atom is 0.222 e. The summed E-state index contributed by atoms with van der Waals surface area (Å²) in [5.41, 5.74) is 0. The maximum atomic E-state index is 5.60. The van der Waals surface area contributed by atoms with E-state index in [9.17, 15) is 0 Å². The summed E-state index contributed by atoms with van der Waals surface area (Å²) >= 11 is 0. The molecule has 16 heavy (non-hydrogen) atoms. The smallest absolute Gasteiger partial charge is 0.222 e. The van der Waals surface area contributed by atoms with Gasteiger partial charge in [0.15, 0.2) is 5.75 Å². The number of aromatic nitrogens is 2. The minimum atomic E-state index is 0.291. The topological polar surface area (TPSA) is 56.3 Å². The van der Waals surface area contributed by atoms with Crippen molar-refractivity contribution in [1.82, 2.24) is 9.97 Å². The van der Waals surface area contributed by atoms with Crippen LogP contribution in [-0.4, -0.2) is 36.3 Å². The molecule has 1 atom stereocenters. The molecule has 1 aliphatic heterocycles. The number of hydrogen-bond donors (Lipinski definition) is 1. The number of methoxy groups -OCH3 is 1. The molecule has 0 bridgehead atoms. The second-order valence-electron chi connectivity index (χ2n) is 3.82. The summed E-state index contributed by atoms with van der Waals surface area (Å²) in [6.45, 7) is 1.64. The molecule has 1 N–H and O–H groups in total. The Morgan fingerprint density at radius 2 is 2.25 bits per heavy atom. The van der Waals surface area contributed by atoms with Gasteiger partial charge in [0.05, 0.1) is 25.6 Å². The molecular weight excluding hydrogens is 206 g/mol. The quantitative estimate of drug-likeness (QED) is 0.837. The van der Waals surface area contributed by atoms with E-state index >= 15 is 0 Å². The van der Waals surface area contributed by atoms with Crippen molar-refractivity contribution >= 4 is 5.95 Å². The van der Waals surface area contributed by atoms with Crippen LogP contribution in [0.1, 0.15) is 19.3 Å². The number of ether oxygens (including phenoxy) is 2. The normalized spacial score (nSPS) is 20.4. The van der Waals surface area contributed by atoms with E-state index in [-0.39, 0.29) is 0 Å². The summed E-state index contributed by atoms with van der Waals surface area (Å²) in [7, 11) is 1.60. The zero-order valence-electron chi connectivity index (χ0n) is 9.48. The monoisotopic (exact) mass is 223 g/mol. The van der Waals surface area contributed by atoms with Crippen molar-refractivity contribution in [3.05, 3.63) is 12.4 Å². The van der Waals surface area contributed by atoms with Crippen LogP contribution >= 0.6 is 0 Å². The van der Waals surface area contributed by atoms with E-state index in [0.717, 1.165) is 19.6 Å². The summed E-state index contributed by atoms with van der Waals surface area (Å²) < 4.78 is 10.6. The van der Waals surface area contributed by atoms with Crippen LogP contribution in [-0.2, 0) is 4.74 Å². The van der Waals surface area contributed by atoms with Crippen molar-refractivity contribution in [2.24, 2.45) is 0 Å². The van der Waals surface area contributed by atoms with E-state index in [0.29, 0.717) is 17.8 Å². The molecule has 5 heteroatoms. The largest absolute Gasteiger partial charge is 0.494 e. The maximum absolute atomic E-state index is 5.60. The van der Waals surface area contributed by atoms with Gasteiger partial charge in [0.2, 0.25) is 5.95 Å². The fourth-order valence-electron chi connectivity index (χ4n) is 1.69. The lowest BCUT2D eigenvalue weighted by atomic mass is 10.1. The van der Waals surface area contributed by atoms with Crippen LogP contribution in [0.5, 0.6) is 5.75 Å². The summed E-state index contributed by atoms with van der Waals surface area (Å²) in [5.74, 6) is 1.29. The van der Waals surface area contributed by atoms with Gasteiger partial charge in [-0.05, 0) is 19.3 Å². The molecule has 0 aromatic carbocycles. The Morgan fingerprint density at radius 1 is 1.44 bits per heavy atom. The van der Waals surface area contributed by atoms with Crippen LogP contribution in [0.15, 0.2) is 12.4 Å². The number of anilines is 1. The van der Waals surface area contributed by atoms with Crippen LogP contribution < -0.4 is 10.1 Å². The average Bonchev–Trinajstić information content (AvgIpc) is 2.38. The van der Waals surface area contributed by atoms with Crippen molar-refractivity contribution in [2.45, 2.75) is 25.4 Å². The lowest BCUT2D eigenvalue weighted by Gasteiger charge is -2.22. The van der Waals surface area contributed by atoms with Gasteiger partial charge in [-0.2, -0.15) is 0 Å². The molecule has 0 aliphatic carbocycles. The molecule has 1 aromatic heterocycles. The van der Waals surface area contributed by atoms with Crippen LogP contribution in [0.4, 0.5) is 5.95 Å². The molecular formula is C11H17N3O2. The molecule has 0 saturated carbocycles. The van der Waals surface area contributed by atoms with Crippen LogP contribution in [0.25, 0.3) is 0 Å². The van der Waals surface area contributed by atoms with Gasteiger partial charge in [0.1, 0.15) is 0 Å². The van der Waals surface area contributed by atoms with Gasteiger partial charge in [-0.1, -0.05) is 0 Å². The SMILES string of the molecule is COc1cnc(NCC2CCCCO2)nc1. The Hall–Kier alpha value is -1.36. The highest BCUT2D eigenvalue weighted by Crippen LogP contribution is 2.13. The molecule has 1 aromatic rings. The van der Waals surface area contributed by atoms with Crippen molar-refractivity contribution in [3.63, 3.8) is 0 Å². The molecule has 0 amide bonds. The highest BCUT2D eigenvalue weighted by molar-refractivity contribution is 5.27. The van der Waals surface area contributed by atoms with Crippen molar-refractivity contribution in [1.29, 1.82) is 0 Å². The van der Waals surface area contributed by atoms with Gasteiger partial charge < -0.3 is 14.8 Å². The van der Waals surface area contributed by atoms with Gasteiger partial charge in [-0.25, -0.2) is 9.97 Å². The number of rotatable bonds is 4. The first kappa shape index (κ1) is 11.1. The van der Waals surface area contributed by atoms with E-state index in [2.05, 4.69) is 15.3 Å². The minimum Gasteiger partial charge on any atom is -0.494 e. The second-order valence-corrected chi connectivity index (χ2v) is 3.82. The molecule has 1 unspecified atom stereocenters. The fourth-order valence-corrected chi connectivity index (χ4v) is 1.69. The summed E-state index contributed by atoms with van der Waals surface area (Å²) in [6.07, 6.45) is 7.13. The summed E-state index contributed by atoms with van der Waals surface area (Å²) in [6, 6.07) is 0. The van der Waals surface area contributed by atoms with Crippen molar-refractivity contribution in [2.75, 3.05) is 25.6 Å². The zero-order valence-corrected chi connectivity index (χ0v) is 9.48. The molecule has 5 nitrogen and oxygen atoms in total. The molecule has 0 spiro atoms. The van der Waals surface area contributed by atoms with E-state index in [4.69, 9.17) is 9.47 Å². The van der Waals surface area contributed by atoms with Gasteiger partial charge in [-0.15, -0.1) is 0 Å². The first-order chi connectivity index (χ1) is 7.88. The standard InChI is InChI=1S/C11H17N3O2/c1-15-10-7-13-11(14-8-10)12-6-9-4-2-3-5-16-9/h7-9H,2-6H2,1H3,(H,12,13,14). The molecule has 1 fully saturated rings. The first-order valence-corrected chi connectivity index (χ1v) is 5.60.